The first-order valence-electron chi connectivity index (χ1n) is 4.24. The van der Waals surface area contributed by atoms with Gasteiger partial charge in [0.25, 0.3) is 0 Å². The van der Waals surface area contributed by atoms with E-state index in [-0.39, 0.29) is 0 Å². The van der Waals surface area contributed by atoms with Crippen molar-refractivity contribution >= 4 is 0 Å². The van der Waals surface area contributed by atoms with Crippen LogP contribution in [-0.2, 0) is 4.74 Å². The first-order chi connectivity index (χ1) is 5.31. The van der Waals surface area contributed by atoms with Crippen LogP contribution in [0.5, 0.6) is 0 Å². The van der Waals surface area contributed by atoms with Crippen molar-refractivity contribution in [1.29, 1.82) is 0 Å². The molecule has 0 aromatic carbocycles. The Hall–Kier alpha value is -0.120. The summed E-state index contributed by atoms with van der Waals surface area (Å²) >= 11 is 0. The van der Waals surface area contributed by atoms with Gasteiger partial charge in [0.15, 0.2) is 0 Å². The fraction of sp³-hybridized carbons (Fsp3) is 1.00. The van der Waals surface area contributed by atoms with Gasteiger partial charge in [-0.05, 0) is 26.3 Å². The number of hydrogen-bond donors (Lipinski definition) is 2. The molecule has 11 heavy (non-hydrogen) atoms. The highest BCUT2D eigenvalue weighted by Gasteiger charge is 1.96. The second-order valence-electron chi connectivity index (χ2n) is 2.73. The number of nitrogens with two attached hydrogens (primary N) is 1. The van der Waals surface area contributed by atoms with Crippen molar-refractivity contribution in [2.45, 2.75) is 25.9 Å². The topological polar surface area (TPSA) is 47.3 Å². The van der Waals surface area contributed by atoms with Crippen LogP contribution in [0, 0.1) is 0 Å². The molecular formula is C8H20N2O. The van der Waals surface area contributed by atoms with E-state index in [1.807, 2.05) is 0 Å². The van der Waals surface area contributed by atoms with Crippen molar-refractivity contribution < 1.29 is 4.74 Å². The van der Waals surface area contributed by atoms with Crippen LogP contribution >= 0.6 is 0 Å². The van der Waals surface area contributed by atoms with Crippen LogP contribution in [0.15, 0.2) is 0 Å². The minimum absolute atomic E-state index is 0.384. The average Bonchev–Trinajstić information content (AvgIpc) is 2.04. The zero-order valence-corrected chi connectivity index (χ0v) is 7.60. The summed E-state index contributed by atoms with van der Waals surface area (Å²) in [5, 5.41) is 3.23. The van der Waals surface area contributed by atoms with Crippen LogP contribution in [-0.4, -0.2) is 32.8 Å². The van der Waals surface area contributed by atoms with E-state index >= 15 is 0 Å². The van der Waals surface area contributed by atoms with Crippen molar-refractivity contribution in [1.82, 2.24) is 5.32 Å². The molecule has 0 fully saturated rings. The molecule has 0 aromatic heterocycles. The molecule has 0 bridgehead atoms. The Kier molecular flexibility index (Phi) is 7.89. The van der Waals surface area contributed by atoms with Gasteiger partial charge in [0.2, 0.25) is 0 Å². The molecule has 3 heteroatoms. The zero-order chi connectivity index (χ0) is 8.53. The summed E-state index contributed by atoms with van der Waals surface area (Å²) in [5.74, 6) is 0. The minimum Gasteiger partial charge on any atom is -0.382 e. The molecule has 0 aliphatic heterocycles. The summed E-state index contributed by atoms with van der Waals surface area (Å²) in [6.07, 6.45) is 2.66. The Balaban J connectivity index is 2.89. The van der Waals surface area contributed by atoms with E-state index in [4.69, 9.17) is 10.5 Å². The molecule has 68 valence electrons. The lowest BCUT2D eigenvalue weighted by molar-refractivity contribution is 0.109. The van der Waals surface area contributed by atoms with Gasteiger partial charge in [-0.15, -0.1) is 0 Å². The Morgan fingerprint density at radius 3 is 2.73 bits per heavy atom. The molecule has 0 heterocycles. The number of ether oxygens (including phenoxy) is 1. The minimum atomic E-state index is 0.384. The van der Waals surface area contributed by atoms with E-state index < -0.39 is 0 Å². The molecule has 3 nitrogen and oxygen atoms in total. The van der Waals surface area contributed by atoms with Crippen molar-refractivity contribution in [3.63, 3.8) is 0 Å². The summed E-state index contributed by atoms with van der Waals surface area (Å²) in [4.78, 5) is 0. The highest BCUT2D eigenvalue weighted by atomic mass is 16.5. The third kappa shape index (κ3) is 7.78. The van der Waals surface area contributed by atoms with E-state index in [0.717, 1.165) is 32.5 Å². The van der Waals surface area contributed by atoms with Gasteiger partial charge in [-0.2, -0.15) is 0 Å². The number of nitrogens with one attached hydrogen (secondary N) is 1. The highest BCUT2D eigenvalue weighted by molar-refractivity contribution is 4.53. The van der Waals surface area contributed by atoms with Crippen molar-refractivity contribution in [3.05, 3.63) is 0 Å². The molecule has 0 aliphatic rings. The van der Waals surface area contributed by atoms with Gasteiger partial charge >= 0.3 is 0 Å². The SMILES string of the molecule is COC(C)CCCNCCN. The Morgan fingerprint density at radius 1 is 1.45 bits per heavy atom. The average molecular weight is 160 g/mol. The largest absolute Gasteiger partial charge is 0.382 e. The molecule has 0 spiro atoms. The molecule has 3 N–H and O–H groups in total. The third-order valence-corrected chi connectivity index (χ3v) is 1.69. The maximum absolute atomic E-state index is 5.31. The fourth-order valence-corrected chi connectivity index (χ4v) is 0.859. The molecule has 0 aromatic rings. The van der Waals surface area contributed by atoms with E-state index in [1.165, 1.54) is 0 Å². The van der Waals surface area contributed by atoms with Crippen LogP contribution in [0.3, 0.4) is 0 Å². The second kappa shape index (κ2) is 7.98. The van der Waals surface area contributed by atoms with Crippen molar-refractivity contribution in [3.8, 4) is 0 Å². The van der Waals surface area contributed by atoms with Gasteiger partial charge in [0, 0.05) is 20.2 Å². The number of rotatable bonds is 7. The van der Waals surface area contributed by atoms with Gasteiger partial charge in [0.1, 0.15) is 0 Å². The maximum Gasteiger partial charge on any atom is 0.0543 e. The zero-order valence-electron chi connectivity index (χ0n) is 7.60. The lowest BCUT2D eigenvalue weighted by Crippen LogP contribution is -2.24. The summed E-state index contributed by atoms with van der Waals surface area (Å²) in [6, 6.07) is 0. The van der Waals surface area contributed by atoms with Gasteiger partial charge in [-0.3, -0.25) is 0 Å². The number of methoxy groups -OCH3 is 1. The van der Waals surface area contributed by atoms with Crippen LogP contribution in [0.4, 0.5) is 0 Å². The summed E-state index contributed by atoms with van der Waals surface area (Å²) in [7, 11) is 1.75. The molecule has 0 rings (SSSR count). The van der Waals surface area contributed by atoms with Gasteiger partial charge < -0.3 is 15.8 Å². The van der Waals surface area contributed by atoms with Gasteiger partial charge in [-0.25, -0.2) is 0 Å². The second-order valence-corrected chi connectivity index (χ2v) is 2.73. The highest BCUT2D eigenvalue weighted by Crippen LogP contribution is 1.97. The normalized spacial score (nSPS) is 13.4. The monoisotopic (exact) mass is 160 g/mol. The maximum atomic E-state index is 5.31. The lowest BCUT2D eigenvalue weighted by atomic mass is 10.2. The van der Waals surface area contributed by atoms with Crippen molar-refractivity contribution in [2.24, 2.45) is 5.73 Å². The molecule has 0 amide bonds. The number of hydrogen-bond acceptors (Lipinski definition) is 3. The predicted molar refractivity (Wildman–Crippen MR) is 47.6 cm³/mol. The summed E-state index contributed by atoms with van der Waals surface area (Å²) < 4.78 is 5.10. The van der Waals surface area contributed by atoms with Crippen LogP contribution < -0.4 is 11.1 Å². The Morgan fingerprint density at radius 2 is 2.18 bits per heavy atom. The standard InChI is InChI=1S/C8H20N2O/c1-8(11-2)4-3-6-10-7-5-9/h8,10H,3-7,9H2,1-2H3. The Bertz CT molecular complexity index is 78.5. The molecule has 0 radical (unpaired) electrons. The van der Waals surface area contributed by atoms with Crippen LogP contribution in [0.1, 0.15) is 19.8 Å². The quantitative estimate of drug-likeness (QED) is 0.528. The smallest absolute Gasteiger partial charge is 0.0543 e. The fourth-order valence-electron chi connectivity index (χ4n) is 0.859. The van der Waals surface area contributed by atoms with E-state index in [1.54, 1.807) is 7.11 Å². The summed E-state index contributed by atoms with van der Waals surface area (Å²) in [6.45, 7) is 4.77. The van der Waals surface area contributed by atoms with E-state index in [2.05, 4.69) is 12.2 Å². The molecular weight excluding hydrogens is 140 g/mol. The molecule has 1 atom stereocenters. The van der Waals surface area contributed by atoms with Gasteiger partial charge in [0.05, 0.1) is 6.10 Å². The first kappa shape index (κ1) is 10.9. The van der Waals surface area contributed by atoms with E-state index in [0.29, 0.717) is 6.10 Å². The van der Waals surface area contributed by atoms with Crippen LogP contribution in [0.25, 0.3) is 0 Å². The van der Waals surface area contributed by atoms with Gasteiger partial charge in [-0.1, -0.05) is 0 Å². The Labute approximate surface area is 69.3 Å². The third-order valence-electron chi connectivity index (χ3n) is 1.69. The van der Waals surface area contributed by atoms with Crippen molar-refractivity contribution in [2.75, 3.05) is 26.7 Å². The lowest BCUT2D eigenvalue weighted by Gasteiger charge is -2.08. The molecule has 0 saturated carbocycles. The molecule has 0 saturated heterocycles. The molecule has 1 unspecified atom stereocenters. The summed E-state index contributed by atoms with van der Waals surface area (Å²) in [5.41, 5.74) is 5.31. The van der Waals surface area contributed by atoms with E-state index in [9.17, 15) is 0 Å². The molecule has 0 aliphatic carbocycles. The predicted octanol–water partition coefficient (Wildman–Crippen LogP) is 0.350. The first-order valence-corrected chi connectivity index (χ1v) is 4.24. The van der Waals surface area contributed by atoms with Crippen LogP contribution in [0.2, 0.25) is 0 Å².